The second kappa shape index (κ2) is 17.2. The quantitative estimate of drug-likeness (QED) is 0.109. The van der Waals surface area contributed by atoms with E-state index in [1.807, 2.05) is 6.07 Å². The van der Waals surface area contributed by atoms with E-state index in [2.05, 4.69) is 88.8 Å². The fourth-order valence-electron chi connectivity index (χ4n) is 10.3. The topological polar surface area (TPSA) is 127 Å². The van der Waals surface area contributed by atoms with Crippen LogP contribution in [0.4, 0.5) is 0 Å². The van der Waals surface area contributed by atoms with E-state index < -0.39 is 6.10 Å². The minimum atomic E-state index is -0.626. The molecule has 4 aliphatic heterocycles. The van der Waals surface area contributed by atoms with E-state index in [1.54, 1.807) is 13.2 Å². The largest absolute Gasteiger partial charge is 0.504 e. The molecule has 59 heavy (non-hydrogen) atoms. The molecule has 0 saturated carbocycles. The molecule has 1 fully saturated rings. The van der Waals surface area contributed by atoms with Gasteiger partial charge in [-0.1, -0.05) is 49.1 Å². The van der Waals surface area contributed by atoms with E-state index in [1.165, 1.54) is 16.7 Å². The van der Waals surface area contributed by atoms with E-state index in [-0.39, 0.29) is 42.6 Å². The van der Waals surface area contributed by atoms with Crippen LogP contribution in [0.5, 0.6) is 11.5 Å². The standard InChI is InChI=1S/C49H57N3O7/c1-31-6-5-8-41-23-40(54)15-13-33-21-46(45(55)20-36(33)26-53)59-27-37-19-39(49-16-17-57-28-38(49)14-12-32-7-3-4-9-44(32)49)18-35-24-52(25-42(35)37)48-43(29-58-41)34(11-10-31)22-47(51-48)50-30-56-2/h3-4,7,9,18-22,24-25,31,38,40-41,47,50-51,53-55H,5-6,8,12-17,23,26-30H2,1-2H3. The van der Waals surface area contributed by atoms with Crippen molar-refractivity contribution in [2.45, 2.75) is 102 Å². The summed E-state index contributed by atoms with van der Waals surface area (Å²) in [7, 11) is 1.68. The molecule has 1 saturated heterocycles. The first-order valence-electron chi connectivity index (χ1n) is 21.5. The van der Waals surface area contributed by atoms with Gasteiger partial charge in [0.25, 0.3) is 0 Å². The van der Waals surface area contributed by atoms with E-state index in [4.69, 9.17) is 18.9 Å². The molecular formula is C49H57N3O7. The lowest BCUT2D eigenvalue weighted by Gasteiger charge is -2.49. The van der Waals surface area contributed by atoms with Gasteiger partial charge in [0, 0.05) is 59.4 Å². The number of phenolic OH excluding ortho intramolecular Hbond substituents is 1. The second-order valence-corrected chi connectivity index (χ2v) is 17.2. The Balaban J connectivity index is 1.25. The predicted molar refractivity (Wildman–Crippen MR) is 227 cm³/mol. The molecule has 5 aliphatic rings. The molecule has 5 N–H and O–H groups in total. The third-order valence-electron chi connectivity index (χ3n) is 13.4. The number of ether oxygens (including phenoxy) is 4. The third kappa shape index (κ3) is 7.93. The number of aromatic hydroxyl groups is 1. The molecule has 6 bridgehead atoms. The third-order valence-corrected chi connectivity index (χ3v) is 13.4. The van der Waals surface area contributed by atoms with Gasteiger partial charge in [-0.15, -0.1) is 0 Å². The van der Waals surface area contributed by atoms with E-state index in [0.29, 0.717) is 63.0 Å². The Kier molecular flexibility index (Phi) is 11.6. The molecule has 4 aromatic rings. The molecule has 0 amide bonds. The Hall–Kier alpha value is -4.60. The first-order valence-corrected chi connectivity index (χ1v) is 21.5. The molecule has 1 aromatic heterocycles. The zero-order valence-electron chi connectivity index (χ0n) is 34.3. The summed E-state index contributed by atoms with van der Waals surface area (Å²) >= 11 is 0. The van der Waals surface area contributed by atoms with Crippen LogP contribution in [0.3, 0.4) is 0 Å². The van der Waals surface area contributed by atoms with Crippen molar-refractivity contribution in [3.8, 4) is 23.3 Å². The molecule has 10 nitrogen and oxygen atoms in total. The lowest BCUT2D eigenvalue weighted by atomic mass is 9.57. The fraction of sp³-hybridized carbons (Fsp3) is 0.469. The van der Waals surface area contributed by atoms with Gasteiger partial charge >= 0.3 is 0 Å². The maximum absolute atomic E-state index is 11.5. The van der Waals surface area contributed by atoms with Crippen molar-refractivity contribution < 1.29 is 34.3 Å². The van der Waals surface area contributed by atoms with Crippen LogP contribution in [-0.2, 0) is 45.7 Å². The van der Waals surface area contributed by atoms with E-state index in [9.17, 15) is 15.3 Å². The monoisotopic (exact) mass is 799 g/mol. The summed E-state index contributed by atoms with van der Waals surface area (Å²) in [6.45, 7) is 4.24. The highest BCUT2D eigenvalue weighted by molar-refractivity contribution is 5.88. The zero-order chi connectivity index (χ0) is 40.5. The molecule has 0 spiro atoms. The second-order valence-electron chi connectivity index (χ2n) is 17.2. The summed E-state index contributed by atoms with van der Waals surface area (Å²) in [5, 5.41) is 42.3. The molecule has 5 heterocycles. The van der Waals surface area contributed by atoms with Gasteiger partial charge in [0.15, 0.2) is 11.5 Å². The lowest BCUT2D eigenvalue weighted by Crippen LogP contribution is -2.47. The van der Waals surface area contributed by atoms with Crippen LogP contribution in [-0.4, -0.2) is 71.9 Å². The summed E-state index contributed by atoms with van der Waals surface area (Å²) in [5.41, 5.74) is 8.14. The van der Waals surface area contributed by atoms with Gasteiger partial charge in [-0.2, -0.15) is 0 Å². The van der Waals surface area contributed by atoms with Gasteiger partial charge < -0.3 is 44.2 Å². The molecule has 310 valence electrons. The van der Waals surface area contributed by atoms with E-state index >= 15 is 0 Å². The van der Waals surface area contributed by atoms with Crippen molar-refractivity contribution in [3.63, 3.8) is 0 Å². The van der Waals surface area contributed by atoms with E-state index in [0.717, 1.165) is 77.4 Å². The van der Waals surface area contributed by atoms with Gasteiger partial charge in [0.1, 0.15) is 18.6 Å². The number of aliphatic hydroxyl groups is 2. The highest BCUT2D eigenvalue weighted by Gasteiger charge is 2.47. The highest BCUT2D eigenvalue weighted by atomic mass is 16.5. The number of phenols is 1. The molecule has 3 aromatic carbocycles. The minimum absolute atomic E-state index is 0.0218. The molecule has 9 rings (SSSR count). The zero-order valence-corrected chi connectivity index (χ0v) is 34.3. The van der Waals surface area contributed by atoms with Crippen LogP contribution >= 0.6 is 0 Å². The Labute approximate surface area is 347 Å². The SMILES string of the molecule is COCNC1C=C2C#CC(C)CCCC3CC(O)CCc4cc(c(O)cc4CO)OCc4cc(C56CCOCC5CCc5ccccc56)cc5cn(cc45)C(=C2CO3)N1. The number of aliphatic hydroxyl groups excluding tert-OH is 2. The Morgan fingerprint density at radius 2 is 1.90 bits per heavy atom. The van der Waals surface area contributed by atoms with Crippen molar-refractivity contribution >= 4 is 16.6 Å². The number of nitrogens with one attached hydrogen (secondary N) is 2. The van der Waals surface area contributed by atoms with Crippen molar-refractivity contribution in [2.75, 3.05) is 33.7 Å². The van der Waals surface area contributed by atoms with Crippen LogP contribution in [0.15, 0.2) is 78.1 Å². The number of fused-ring (bicyclic) bond motifs is 9. The van der Waals surface area contributed by atoms with Crippen LogP contribution in [0.25, 0.3) is 16.6 Å². The van der Waals surface area contributed by atoms with Crippen molar-refractivity contribution in [3.05, 3.63) is 112 Å². The maximum Gasteiger partial charge on any atom is 0.161 e. The molecule has 10 heteroatoms. The summed E-state index contributed by atoms with van der Waals surface area (Å²) in [6.07, 6.45) is 12.6. The fourth-order valence-corrected chi connectivity index (χ4v) is 10.3. The molecule has 0 radical (unpaired) electrons. The Morgan fingerprint density at radius 3 is 2.78 bits per heavy atom. The van der Waals surface area contributed by atoms with Gasteiger partial charge in [0.05, 0.1) is 38.8 Å². The first-order chi connectivity index (χ1) is 28.8. The van der Waals surface area contributed by atoms with Crippen LogP contribution < -0.4 is 15.4 Å². The van der Waals surface area contributed by atoms with Crippen molar-refractivity contribution in [1.29, 1.82) is 0 Å². The number of benzene rings is 3. The van der Waals surface area contributed by atoms with Gasteiger partial charge in [0.2, 0.25) is 0 Å². The average molecular weight is 800 g/mol. The Bertz CT molecular complexity index is 2320. The summed E-state index contributed by atoms with van der Waals surface area (Å²) < 4.78 is 27.2. The lowest BCUT2D eigenvalue weighted by molar-refractivity contribution is 0.00498. The minimum Gasteiger partial charge on any atom is -0.504 e. The summed E-state index contributed by atoms with van der Waals surface area (Å²) in [5.74, 6) is 8.82. The number of dihydropyridines is 1. The smallest absolute Gasteiger partial charge is 0.161 e. The molecular weight excluding hydrogens is 743 g/mol. The molecule has 6 atom stereocenters. The van der Waals surface area contributed by atoms with Gasteiger partial charge in [-0.05, 0) is 121 Å². The number of hydrogen-bond donors (Lipinski definition) is 5. The maximum atomic E-state index is 11.5. The van der Waals surface area contributed by atoms with Crippen LogP contribution in [0, 0.1) is 23.7 Å². The summed E-state index contributed by atoms with van der Waals surface area (Å²) in [6, 6.07) is 17.1. The first kappa shape index (κ1) is 39.8. The normalized spacial score (nSPS) is 27.2. The number of nitrogens with zero attached hydrogens (tertiary/aromatic N) is 1. The number of hydrogen-bond acceptors (Lipinski definition) is 9. The van der Waals surface area contributed by atoms with Gasteiger partial charge in [-0.3, -0.25) is 5.32 Å². The number of aromatic nitrogens is 1. The highest BCUT2D eigenvalue weighted by Crippen LogP contribution is 2.52. The van der Waals surface area contributed by atoms with Crippen LogP contribution in [0.2, 0.25) is 0 Å². The Morgan fingerprint density at radius 1 is 1.02 bits per heavy atom. The van der Waals surface area contributed by atoms with Crippen molar-refractivity contribution in [2.24, 2.45) is 11.8 Å². The molecule has 6 unspecified atom stereocenters. The molecule has 1 aliphatic carbocycles. The average Bonchev–Trinajstić information content (AvgIpc) is 3.68. The number of rotatable bonds is 5. The van der Waals surface area contributed by atoms with Crippen molar-refractivity contribution in [1.82, 2.24) is 15.2 Å². The van der Waals surface area contributed by atoms with Gasteiger partial charge in [-0.25, -0.2) is 0 Å². The number of methoxy groups -OCH3 is 1. The predicted octanol–water partition coefficient (Wildman–Crippen LogP) is 6.81. The summed E-state index contributed by atoms with van der Waals surface area (Å²) in [4.78, 5) is 0. The number of aryl methyl sites for hydroxylation is 2. The van der Waals surface area contributed by atoms with Crippen LogP contribution in [0.1, 0.15) is 85.3 Å².